The molecule has 2 aromatic heterocycles. The van der Waals surface area contributed by atoms with E-state index in [4.69, 9.17) is 4.98 Å². The number of para-hydroxylation sites is 5. The van der Waals surface area contributed by atoms with Crippen LogP contribution >= 0.6 is 0 Å². The third kappa shape index (κ3) is 6.77. The molecule has 0 amide bonds. The van der Waals surface area contributed by atoms with Crippen molar-refractivity contribution >= 4 is 61.6 Å². The van der Waals surface area contributed by atoms with Crippen LogP contribution in [-0.4, -0.2) is 16.2 Å². The van der Waals surface area contributed by atoms with Gasteiger partial charge in [-0.3, -0.25) is 4.57 Å². The van der Waals surface area contributed by atoms with E-state index in [0.29, 0.717) is 6.67 Å². The van der Waals surface area contributed by atoms with Crippen molar-refractivity contribution in [3.8, 4) is 39.2 Å². The summed E-state index contributed by atoms with van der Waals surface area (Å²) >= 11 is 0. The van der Waals surface area contributed by atoms with Gasteiger partial charge < -0.3 is 14.7 Å². The topological polar surface area (TPSA) is 27.5 Å². The maximum Gasteiger partial charge on any atom is 0.138 e. The number of rotatable bonds is 9. The standard InChI is InChI=1S/C61H45N5/c1-43-19-11-12-28-51(43)46-37-38-62-60(39-46)66-56-32-14-13-29-54(56)55-36-35-50(41-59(55)66)65(61-52(44-20-5-2-6-21-44)30-18-31-53(61)45-22-7-3-8-23-45)49-27-17-26-48(40-49)64-42-63(47-24-9-4-10-25-47)57-33-15-16-34-58(57)64/h2-41H,42H2,1H3. The van der Waals surface area contributed by atoms with Crippen LogP contribution in [0.15, 0.2) is 243 Å². The van der Waals surface area contributed by atoms with Crippen molar-refractivity contribution in [1.29, 1.82) is 0 Å². The van der Waals surface area contributed by atoms with Crippen LogP contribution in [-0.2, 0) is 0 Å². The molecule has 0 spiro atoms. The number of aromatic nitrogens is 2. The van der Waals surface area contributed by atoms with Crippen LogP contribution in [0.4, 0.5) is 39.8 Å². The van der Waals surface area contributed by atoms with E-state index >= 15 is 0 Å². The highest BCUT2D eigenvalue weighted by molar-refractivity contribution is 6.11. The molecular weight excluding hydrogens is 803 g/mol. The van der Waals surface area contributed by atoms with E-state index in [1.807, 2.05) is 6.20 Å². The fraction of sp³-hybridized carbons (Fsp3) is 0.0328. The summed E-state index contributed by atoms with van der Waals surface area (Å²) in [5.74, 6) is 0.873. The molecule has 5 nitrogen and oxygen atoms in total. The first-order chi connectivity index (χ1) is 32.7. The van der Waals surface area contributed by atoms with Gasteiger partial charge in [0.15, 0.2) is 0 Å². The highest BCUT2D eigenvalue weighted by atomic mass is 15.4. The minimum Gasteiger partial charge on any atom is -0.321 e. The monoisotopic (exact) mass is 847 g/mol. The first-order valence-corrected chi connectivity index (χ1v) is 22.6. The fourth-order valence-electron chi connectivity index (χ4n) is 9.91. The van der Waals surface area contributed by atoms with Gasteiger partial charge in [-0.2, -0.15) is 0 Å². The van der Waals surface area contributed by atoms with E-state index in [0.717, 1.165) is 73.1 Å². The molecule has 0 saturated carbocycles. The lowest BCUT2D eigenvalue weighted by molar-refractivity contribution is 0.991. The molecule has 0 unspecified atom stereocenters. The van der Waals surface area contributed by atoms with Crippen LogP contribution in [0, 0.1) is 6.92 Å². The van der Waals surface area contributed by atoms with Crippen molar-refractivity contribution in [2.24, 2.45) is 0 Å². The Morgan fingerprint density at radius 3 is 1.70 bits per heavy atom. The zero-order chi connectivity index (χ0) is 44.0. The number of fused-ring (bicyclic) bond motifs is 4. The maximum absolute atomic E-state index is 5.08. The summed E-state index contributed by atoms with van der Waals surface area (Å²) in [6, 6.07) is 85.3. The molecule has 1 aliphatic heterocycles. The Balaban J connectivity index is 1.11. The molecule has 0 N–H and O–H groups in total. The molecule has 66 heavy (non-hydrogen) atoms. The summed E-state index contributed by atoms with van der Waals surface area (Å²) in [6.45, 7) is 2.85. The summed E-state index contributed by atoms with van der Waals surface area (Å²) in [5, 5.41) is 2.35. The SMILES string of the molecule is Cc1ccccc1-c1ccnc(-n2c3ccccc3c3ccc(N(c4cccc(N5CN(c6ccccc6)c6ccccc65)c4)c4c(-c5ccccc5)cccc4-c4ccccc4)cc32)c1. The van der Waals surface area contributed by atoms with Crippen molar-refractivity contribution in [2.45, 2.75) is 6.92 Å². The number of hydrogen-bond acceptors (Lipinski definition) is 4. The number of benzene rings is 9. The van der Waals surface area contributed by atoms with Crippen molar-refractivity contribution in [2.75, 3.05) is 21.4 Å². The Labute approximate surface area is 385 Å². The summed E-state index contributed by atoms with van der Waals surface area (Å²) in [4.78, 5) is 12.4. The molecule has 9 aromatic carbocycles. The Hall–Kier alpha value is -8.67. The van der Waals surface area contributed by atoms with E-state index in [2.05, 4.69) is 263 Å². The second kappa shape index (κ2) is 16.5. The van der Waals surface area contributed by atoms with Gasteiger partial charge in [-0.1, -0.05) is 164 Å². The summed E-state index contributed by atoms with van der Waals surface area (Å²) in [6.07, 6.45) is 1.94. The van der Waals surface area contributed by atoms with Gasteiger partial charge in [-0.15, -0.1) is 0 Å². The third-order valence-electron chi connectivity index (χ3n) is 13.0. The fourth-order valence-corrected chi connectivity index (χ4v) is 9.91. The molecule has 314 valence electrons. The second-order valence-electron chi connectivity index (χ2n) is 16.9. The highest BCUT2D eigenvalue weighted by Crippen LogP contribution is 2.50. The van der Waals surface area contributed by atoms with Gasteiger partial charge in [0.25, 0.3) is 0 Å². The van der Waals surface area contributed by atoms with E-state index in [1.165, 1.54) is 33.3 Å². The number of aryl methyl sites for hydroxylation is 1. The summed E-state index contributed by atoms with van der Waals surface area (Å²) < 4.78 is 2.34. The molecule has 0 radical (unpaired) electrons. The first-order valence-electron chi connectivity index (χ1n) is 22.6. The number of hydrogen-bond donors (Lipinski definition) is 0. The smallest absolute Gasteiger partial charge is 0.138 e. The normalized spacial score (nSPS) is 12.2. The van der Waals surface area contributed by atoms with Crippen LogP contribution in [0.3, 0.4) is 0 Å². The average molecular weight is 848 g/mol. The minimum absolute atomic E-state index is 0.684. The van der Waals surface area contributed by atoms with Gasteiger partial charge in [0.2, 0.25) is 0 Å². The minimum atomic E-state index is 0.684. The molecule has 5 heteroatoms. The van der Waals surface area contributed by atoms with E-state index < -0.39 is 0 Å². The lowest BCUT2D eigenvalue weighted by Gasteiger charge is -2.31. The lowest BCUT2D eigenvalue weighted by Crippen LogP contribution is -2.24. The Kier molecular flexibility index (Phi) is 9.72. The van der Waals surface area contributed by atoms with E-state index in [9.17, 15) is 0 Å². The zero-order valence-electron chi connectivity index (χ0n) is 36.5. The van der Waals surface area contributed by atoms with Crippen molar-refractivity contribution < 1.29 is 0 Å². The van der Waals surface area contributed by atoms with Crippen LogP contribution in [0.2, 0.25) is 0 Å². The predicted molar refractivity (Wildman–Crippen MR) is 276 cm³/mol. The summed E-state index contributed by atoms with van der Waals surface area (Å²) in [5.41, 5.74) is 18.1. The predicted octanol–water partition coefficient (Wildman–Crippen LogP) is 16.2. The molecule has 0 atom stereocenters. The molecule has 3 heterocycles. The van der Waals surface area contributed by atoms with Crippen LogP contribution in [0.5, 0.6) is 0 Å². The Bertz CT molecular complexity index is 3490. The second-order valence-corrected chi connectivity index (χ2v) is 16.9. The number of nitrogens with zero attached hydrogens (tertiary/aromatic N) is 5. The van der Waals surface area contributed by atoms with Crippen molar-refractivity contribution in [3.05, 3.63) is 248 Å². The molecule has 1 aliphatic rings. The molecule has 0 aliphatic carbocycles. The van der Waals surface area contributed by atoms with Crippen LogP contribution < -0.4 is 14.7 Å². The van der Waals surface area contributed by atoms with Gasteiger partial charge in [0, 0.05) is 50.8 Å². The number of anilines is 7. The van der Waals surface area contributed by atoms with Crippen molar-refractivity contribution in [3.63, 3.8) is 0 Å². The lowest BCUT2D eigenvalue weighted by atomic mass is 9.94. The zero-order valence-corrected chi connectivity index (χ0v) is 36.5. The first kappa shape index (κ1) is 39.0. The Morgan fingerprint density at radius 1 is 0.409 bits per heavy atom. The molecule has 0 saturated heterocycles. The van der Waals surface area contributed by atoms with Crippen LogP contribution in [0.1, 0.15) is 5.56 Å². The van der Waals surface area contributed by atoms with Crippen molar-refractivity contribution in [1.82, 2.24) is 9.55 Å². The maximum atomic E-state index is 5.08. The number of pyridine rings is 1. The Morgan fingerprint density at radius 2 is 0.970 bits per heavy atom. The van der Waals surface area contributed by atoms with Gasteiger partial charge >= 0.3 is 0 Å². The molecule has 0 bridgehead atoms. The molecule has 0 fully saturated rings. The third-order valence-corrected chi connectivity index (χ3v) is 13.0. The molecule has 11 aromatic rings. The largest absolute Gasteiger partial charge is 0.321 e. The van der Waals surface area contributed by atoms with Gasteiger partial charge in [0.1, 0.15) is 12.5 Å². The quantitative estimate of drug-likeness (QED) is 0.145. The van der Waals surface area contributed by atoms with E-state index in [1.54, 1.807) is 0 Å². The molecule has 12 rings (SSSR count). The van der Waals surface area contributed by atoms with Crippen LogP contribution in [0.25, 0.3) is 61.0 Å². The van der Waals surface area contributed by atoms with Gasteiger partial charge in [-0.25, -0.2) is 4.98 Å². The van der Waals surface area contributed by atoms with Gasteiger partial charge in [-0.05, 0) is 108 Å². The molecular formula is C61H45N5. The van der Waals surface area contributed by atoms with E-state index in [-0.39, 0.29) is 0 Å². The summed E-state index contributed by atoms with van der Waals surface area (Å²) in [7, 11) is 0. The highest BCUT2D eigenvalue weighted by Gasteiger charge is 2.29. The van der Waals surface area contributed by atoms with Gasteiger partial charge in [0.05, 0.1) is 28.1 Å². The average Bonchev–Trinajstić information content (AvgIpc) is 3.94.